The number of aryl methyl sites for hydroxylation is 1. The highest BCUT2D eigenvalue weighted by atomic mass is 16.2. The van der Waals surface area contributed by atoms with Crippen LogP contribution in [0, 0.1) is 6.92 Å². The number of anilines is 2. The molecule has 17 heavy (non-hydrogen) atoms. The van der Waals surface area contributed by atoms with E-state index in [1.54, 1.807) is 0 Å². The Bertz CT molecular complexity index is 330. The van der Waals surface area contributed by atoms with Crippen molar-refractivity contribution >= 4 is 11.6 Å². The van der Waals surface area contributed by atoms with Crippen LogP contribution in [-0.4, -0.2) is 34.8 Å². The van der Waals surface area contributed by atoms with Crippen molar-refractivity contribution in [2.75, 3.05) is 30.3 Å². The number of rotatable bonds is 8. The molecule has 0 aromatic carbocycles. The molecule has 1 heterocycles. The zero-order chi connectivity index (χ0) is 12.5. The zero-order valence-corrected chi connectivity index (χ0v) is 10.7. The van der Waals surface area contributed by atoms with Crippen LogP contribution in [0.3, 0.4) is 0 Å². The molecule has 0 aliphatic carbocycles. The predicted molar refractivity (Wildman–Crippen MR) is 70.4 cm³/mol. The number of nitrogens with zero attached hydrogens (tertiary/aromatic N) is 2. The summed E-state index contributed by atoms with van der Waals surface area (Å²) in [5.41, 5.74) is 0. The second-order valence-electron chi connectivity index (χ2n) is 3.97. The Morgan fingerprint density at radius 2 is 1.76 bits per heavy atom. The summed E-state index contributed by atoms with van der Waals surface area (Å²) < 4.78 is 0. The molecule has 0 aliphatic rings. The van der Waals surface area contributed by atoms with Gasteiger partial charge in [0, 0.05) is 25.8 Å². The molecule has 0 aliphatic heterocycles. The second kappa shape index (κ2) is 7.84. The lowest BCUT2D eigenvalue weighted by atomic mass is 10.3. The predicted octanol–water partition coefficient (Wildman–Crippen LogP) is 1.79. The van der Waals surface area contributed by atoms with E-state index in [2.05, 4.69) is 27.5 Å². The summed E-state index contributed by atoms with van der Waals surface area (Å²) in [5.74, 6) is 2.47. The molecule has 1 rings (SSSR count). The van der Waals surface area contributed by atoms with Crippen LogP contribution in [0.5, 0.6) is 0 Å². The number of nitrogens with one attached hydrogen (secondary N) is 2. The van der Waals surface area contributed by atoms with Gasteiger partial charge in [0.15, 0.2) is 0 Å². The molecule has 0 fully saturated rings. The van der Waals surface area contributed by atoms with E-state index in [9.17, 15) is 0 Å². The van der Waals surface area contributed by atoms with Crippen LogP contribution in [0.15, 0.2) is 6.07 Å². The Morgan fingerprint density at radius 1 is 1.12 bits per heavy atom. The third-order valence-corrected chi connectivity index (χ3v) is 2.29. The first-order valence-electron chi connectivity index (χ1n) is 6.20. The summed E-state index contributed by atoms with van der Waals surface area (Å²) in [6, 6.07) is 1.92. The summed E-state index contributed by atoms with van der Waals surface area (Å²) in [6.45, 7) is 5.99. The van der Waals surface area contributed by atoms with Gasteiger partial charge in [-0.2, -0.15) is 0 Å². The maximum atomic E-state index is 8.69. The van der Waals surface area contributed by atoms with Gasteiger partial charge in [-0.05, 0) is 26.2 Å². The lowest BCUT2D eigenvalue weighted by Crippen LogP contribution is -2.08. The molecule has 0 saturated carbocycles. The Labute approximate surface area is 103 Å². The van der Waals surface area contributed by atoms with Gasteiger partial charge in [-0.15, -0.1) is 0 Å². The third-order valence-electron chi connectivity index (χ3n) is 2.29. The van der Waals surface area contributed by atoms with Gasteiger partial charge in [-0.25, -0.2) is 9.97 Å². The van der Waals surface area contributed by atoms with E-state index in [1.807, 2.05) is 13.0 Å². The Balaban J connectivity index is 2.50. The third kappa shape index (κ3) is 5.49. The highest BCUT2D eigenvalue weighted by Gasteiger charge is 2.00. The number of aliphatic hydroxyl groups excluding tert-OH is 1. The molecule has 5 heteroatoms. The van der Waals surface area contributed by atoms with Crippen molar-refractivity contribution in [2.24, 2.45) is 0 Å². The summed E-state index contributed by atoms with van der Waals surface area (Å²) in [7, 11) is 0. The van der Waals surface area contributed by atoms with Crippen molar-refractivity contribution in [3.8, 4) is 0 Å². The molecule has 0 amide bonds. The minimum atomic E-state index is 0.244. The molecular formula is C12H22N4O. The topological polar surface area (TPSA) is 70.1 Å². The molecule has 0 radical (unpaired) electrons. The first-order chi connectivity index (χ1) is 8.26. The molecule has 0 atom stereocenters. The monoisotopic (exact) mass is 238 g/mol. The molecular weight excluding hydrogens is 216 g/mol. The maximum absolute atomic E-state index is 8.69. The highest BCUT2D eigenvalue weighted by Crippen LogP contribution is 2.11. The van der Waals surface area contributed by atoms with Gasteiger partial charge in [0.25, 0.3) is 0 Å². The molecule has 1 aromatic heterocycles. The lowest BCUT2D eigenvalue weighted by molar-refractivity contribution is 0.286. The fraction of sp³-hybridized carbons (Fsp3) is 0.667. The van der Waals surface area contributed by atoms with Crippen molar-refractivity contribution in [1.29, 1.82) is 0 Å². The van der Waals surface area contributed by atoms with Crippen LogP contribution < -0.4 is 10.6 Å². The van der Waals surface area contributed by atoms with Crippen LogP contribution in [0.1, 0.15) is 32.0 Å². The van der Waals surface area contributed by atoms with Crippen molar-refractivity contribution in [1.82, 2.24) is 9.97 Å². The summed E-state index contributed by atoms with van der Waals surface area (Å²) in [5, 5.41) is 15.2. The van der Waals surface area contributed by atoms with Crippen molar-refractivity contribution in [3.63, 3.8) is 0 Å². The van der Waals surface area contributed by atoms with Gasteiger partial charge < -0.3 is 15.7 Å². The van der Waals surface area contributed by atoms with E-state index in [0.29, 0.717) is 0 Å². The van der Waals surface area contributed by atoms with Gasteiger partial charge in [0.05, 0.1) is 0 Å². The van der Waals surface area contributed by atoms with E-state index < -0.39 is 0 Å². The molecule has 3 N–H and O–H groups in total. The van der Waals surface area contributed by atoms with Crippen LogP contribution >= 0.6 is 0 Å². The standard InChI is InChI=1S/C12H22N4O/c1-3-6-13-11-9-12(16-10(2)15-11)14-7-4-5-8-17/h9,17H,3-8H2,1-2H3,(H2,13,14,15,16). The number of aliphatic hydroxyl groups is 1. The van der Waals surface area contributed by atoms with Crippen molar-refractivity contribution < 1.29 is 5.11 Å². The van der Waals surface area contributed by atoms with Gasteiger partial charge in [0.2, 0.25) is 0 Å². The molecule has 0 saturated heterocycles. The van der Waals surface area contributed by atoms with E-state index in [1.165, 1.54) is 0 Å². The lowest BCUT2D eigenvalue weighted by Gasteiger charge is -2.09. The van der Waals surface area contributed by atoms with E-state index >= 15 is 0 Å². The molecule has 0 unspecified atom stereocenters. The molecule has 1 aromatic rings. The van der Waals surface area contributed by atoms with Gasteiger partial charge in [-0.1, -0.05) is 6.92 Å². The van der Waals surface area contributed by atoms with Crippen LogP contribution in [0.2, 0.25) is 0 Å². The minimum Gasteiger partial charge on any atom is -0.396 e. The number of aromatic nitrogens is 2. The van der Waals surface area contributed by atoms with E-state index in [-0.39, 0.29) is 6.61 Å². The van der Waals surface area contributed by atoms with Crippen LogP contribution in [0.4, 0.5) is 11.6 Å². The van der Waals surface area contributed by atoms with Crippen LogP contribution in [0.25, 0.3) is 0 Å². The fourth-order valence-electron chi connectivity index (χ4n) is 1.46. The van der Waals surface area contributed by atoms with Gasteiger partial charge in [-0.3, -0.25) is 0 Å². The first kappa shape index (κ1) is 13.7. The number of unbranched alkanes of at least 4 members (excludes halogenated alkanes) is 1. The first-order valence-corrected chi connectivity index (χ1v) is 6.20. The number of hydrogen-bond donors (Lipinski definition) is 3. The highest BCUT2D eigenvalue weighted by molar-refractivity contribution is 5.47. The van der Waals surface area contributed by atoms with Crippen molar-refractivity contribution in [2.45, 2.75) is 33.1 Å². The molecule has 96 valence electrons. The summed E-state index contributed by atoms with van der Waals surface area (Å²) in [6.07, 6.45) is 2.83. The smallest absolute Gasteiger partial charge is 0.131 e. The summed E-state index contributed by atoms with van der Waals surface area (Å²) >= 11 is 0. The van der Waals surface area contributed by atoms with Crippen LogP contribution in [-0.2, 0) is 0 Å². The number of hydrogen-bond acceptors (Lipinski definition) is 5. The normalized spacial score (nSPS) is 10.3. The average molecular weight is 238 g/mol. The Hall–Kier alpha value is -1.36. The largest absolute Gasteiger partial charge is 0.396 e. The Kier molecular flexibility index (Phi) is 6.32. The maximum Gasteiger partial charge on any atom is 0.131 e. The molecule has 0 spiro atoms. The fourth-order valence-corrected chi connectivity index (χ4v) is 1.46. The zero-order valence-electron chi connectivity index (χ0n) is 10.7. The SMILES string of the molecule is CCCNc1cc(NCCCCO)nc(C)n1. The van der Waals surface area contributed by atoms with Gasteiger partial charge >= 0.3 is 0 Å². The molecule has 0 bridgehead atoms. The summed E-state index contributed by atoms with van der Waals surface area (Å²) in [4.78, 5) is 8.63. The Morgan fingerprint density at radius 3 is 2.35 bits per heavy atom. The molecule has 5 nitrogen and oxygen atoms in total. The quantitative estimate of drug-likeness (QED) is 0.602. The van der Waals surface area contributed by atoms with Crippen molar-refractivity contribution in [3.05, 3.63) is 11.9 Å². The second-order valence-corrected chi connectivity index (χ2v) is 3.97. The average Bonchev–Trinajstić information content (AvgIpc) is 2.31. The minimum absolute atomic E-state index is 0.244. The van der Waals surface area contributed by atoms with E-state index in [4.69, 9.17) is 5.11 Å². The van der Waals surface area contributed by atoms with E-state index in [0.717, 1.165) is 49.8 Å². The van der Waals surface area contributed by atoms with Gasteiger partial charge in [0.1, 0.15) is 17.5 Å².